The maximum atomic E-state index is 14.2. The van der Waals surface area contributed by atoms with Crippen molar-refractivity contribution in [2.45, 2.75) is 38.5 Å². The van der Waals surface area contributed by atoms with E-state index in [0.717, 1.165) is 25.7 Å². The monoisotopic (exact) mass is 294 g/mol. The minimum atomic E-state index is -0.884. The molecule has 0 bridgehead atoms. The molecule has 1 aliphatic rings. The van der Waals surface area contributed by atoms with Gasteiger partial charge in [0.25, 0.3) is 0 Å². The zero-order valence-corrected chi connectivity index (χ0v) is 12.4. The molecule has 0 heterocycles. The quantitative estimate of drug-likeness (QED) is 0.640. The van der Waals surface area contributed by atoms with E-state index in [1.165, 1.54) is 12.1 Å². The summed E-state index contributed by atoms with van der Waals surface area (Å²) in [4.78, 5) is 0. The number of ether oxygens (including phenoxy) is 1. The summed E-state index contributed by atoms with van der Waals surface area (Å²) in [6, 6.07) is 3.19. The van der Waals surface area contributed by atoms with Crippen LogP contribution in [0.4, 0.5) is 8.78 Å². The van der Waals surface area contributed by atoms with E-state index >= 15 is 0 Å². The van der Waals surface area contributed by atoms with Gasteiger partial charge in [-0.25, -0.2) is 4.39 Å². The molecule has 1 fully saturated rings. The molecule has 0 amide bonds. The molecule has 1 aliphatic carbocycles. The first-order valence-corrected chi connectivity index (χ1v) is 7.51. The Morgan fingerprint density at radius 1 is 1.24 bits per heavy atom. The molecular weight excluding hydrogens is 270 g/mol. The van der Waals surface area contributed by atoms with Gasteiger partial charge in [-0.15, -0.1) is 0 Å². The third kappa shape index (κ3) is 3.72. The molecule has 0 spiro atoms. The minimum absolute atomic E-state index is 0. The molecule has 0 saturated heterocycles. The zero-order valence-electron chi connectivity index (χ0n) is 12.4. The molecule has 1 aromatic rings. The molecule has 0 unspecified atom stereocenters. The van der Waals surface area contributed by atoms with Gasteiger partial charge in [0, 0.05) is 1.43 Å². The topological polar surface area (TPSA) is 9.23 Å². The molecule has 3 heteroatoms. The minimum Gasteiger partial charge on any atom is -0.486 e. The number of benzene rings is 1. The van der Waals surface area contributed by atoms with Crippen molar-refractivity contribution in [2.75, 3.05) is 6.61 Å². The van der Waals surface area contributed by atoms with Gasteiger partial charge in [-0.05, 0) is 56.1 Å². The summed E-state index contributed by atoms with van der Waals surface area (Å²) < 4.78 is 33.3. The summed E-state index contributed by atoms with van der Waals surface area (Å²) in [6.45, 7) is 5.68. The van der Waals surface area contributed by atoms with E-state index in [1.54, 1.807) is 6.07 Å². The van der Waals surface area contributed by atoms with Crippen molar-refractivity contribution in [1.82, 2.24) is 0 Å². The lowest BCUT2D eigenvalue weighted by Gasteiger charge is -2.27. The van der Waals surface area contributed by atoms with Crippen molar-refractivity contribution >= 4 is 0 Å². The molecule has 0 atom stereocenters. The van der Waals surface area contributed by atoms with Crippen LogP contribution in [0.2, 0.25) is 0 Å². The Kier molecular flexibility index (Phi) is 5.54. The predicted molar refractivity (Wildman–Crippen MR) is 83.7 cm³/mol. The Hall–Kier alpha value is -1.64. The summed E-state index contributed by atoms with van der Waals surface area (Å²) in [5.74, 6) is -1.00. The Labute approximate surface area is 126 Å². The van der Waals surface area contributed by atoms with Crippen LogP contribution in [0.25, 0.3) is 0 Å². The highest BCUT2D eigenvalue weighted by molar-refractivity contribution is 5.33. The van der Waals surface area contributed by atoms with Gasteiger partial charge in [0.15, 0.2) is 11.6 Å². The van der Waals surface area contributed by atoms with Crippen LogP contribution in [0.3, 0.4) is 0 Å². The van der Waals surface area contributed by atoms with Gasteiger partial charge < -0.3 is 4.74 Å². The van der Waals surface area contributed by atoms with Gasteiger partial charge in [0.2, 0.25) is 5.82 Å². The number of hydrogen-bond acceptors (Lipinski definition) is 1. The molecule has 0 N–H and O–H groups in total. The molecule has 21 heavy (non-hydrogen) atoms. The largest absolute Gasteiger partial charge is 0.486 e. The summed E-state index contributed by atoms with van der Waals surface area (Å²) in [7, 11) is 0. The number of allylic oxidation sites excluding steroid dienone is 2. The van der Waals surface area contributed by atoms with Crippen LogP contribution in [0.1, 0.15) is 45.5 Å². The van der Waals surface area contributed by atoms with Crippen molar-refractivity contribution in [3.8, 4) is 5.75 Å². The lowest BCUT2D eigenvalue weighted by Crippen LogP contribution is -2.13. The SMILES string of the molecule is C=CCOc1ccc(C2CCC(/C=C/C)CC2)c(F)c1F.[HH]. The van der Waals surface area contributed by atoms with Crippen LogP contribution in [-0.4, -0.2) is 6.61 Å². The van der Waals surface area contributed by atoms with E-state index in [9.17, 15) is 8.78 Å². The maximum Gasteiger partial charge on any atom is 0.200 e. The van der Waals surface area contributed by atoms with Crippen molar-refractivity contribution < 1.29 is 14.9 Å². The molecule has 1 saturated carbocycles. The Balaban J connectivity index is 0.00000242. The second-order valence-corrected chi connectivity index (χ2v) is 5.52. The number of hydrogen-bond donors (Lipinski definition) is 0. The molecule has 0 aromatic heterocycles. The highest BCUT2D eigenvalue weighted by Gasteiger charge is 2.25. The van der Waals surface area contributed by atoms with Crippen molar-refractivity contribution in [3.05, 3.63) is 54.1 Å². The van der Waals surface area contributed by atoms with Crippen LogP contribution < -0.4 is 4.74 Å². The summed E-state index contributed by atoms with van der Waals surface area (Å²) in [5.41, 5.74) is 0.484. The van der Waals surface area contributed by atoms with E-state index in [4.69, 9.17) is 4.74 Å². The number of halogens is 2. The second kappa shape index (κ2) is 7.39. The molecule has 0 aliphatic heterocycles. The molecule has 2 rings (SSSR count). The Bertz CT molecular complexity index is 520. The van der Waals surface area contributed by atoms with E-state index in [2.05, 4.69) is 18.7 Å². The fraction of sp³-hybridized carbons (Fsp3) is 0.444. The molecule has 0 radical (unpaired) electrons. The van der Waals surface area contributed by atoms with Crippen molar-refractivity contribution in [2.24, 2.45) is 5.92 Å². The van der Waals surface area contributed by atoms with Gasteiger partial charge in [0.05, 0.1) is 0 Å². The van der Waals surface area contributed by atoms with Crippen LogP contribution in [0, 0.1) is 17.6 Å². The molecular formula is C18H24F2O. The smallest absolute Gasteiger partial charge is 0.200 e. The average Bonchev–Trinajstić information content (AvgIpc) is 2.50. The zero-order chi connectivity index (χ0) is 15.2. The highest BCUT2D eigenvalue weighted by Crippen LogP contribution is 2.38. The van der Waals surface area contributed by atoms with Crippen LogP contribution in [-0.2, 0) is 0 Å². The van der Waals surface area contributed by atoms with Crippen molar-refractivity contribution in [3.63, 3.8) is 0 Å². The maximum absolute atomic E-state index is 14.2. The molecule has 116 valence electrons. The summed E-state index contributed by atoms with van der Waals surface area (Å²) in [5, 5.41) is 0. The average molecular weight is 294 g/mol. The highest BCUT2D eigenvalue weighted by atomic mass is 19.2. The second-order valence-electron chi connectivity index (χ2n) is 5.52. The van der Waals surface area contributed by atoms with Crippen molar-refractivity contribution in [1.29, 1.82) is 0 Å². The summed E-state index contributed by atoms with van der Waals surface area (Å²) in [6.07, 6.45) is 9.65. The van der Waals surface area contributed by atoms with E-state index in [-0.39, 0.29) is 19.7 Å². The number of rotatable bonds is 5. The van der Waals surface area contributed by atoms with E-state index in [0.29, 0.717) is 11.5 Å². The normalized spacial score (nSPS) is 22.4. The fourth-order valence-electron chi connectivity index (χ4n) is 3.02. The predicted octanol–water partition coefficient (Wildman–Crippen LogP) is 5.63. The molecule has 1 aromatic carbocycles. The van der Waals surface area contributed by atoms with Gasteiger partial charge >= 0.3 is 0 Å². The Morgan fingerprint density at radius 2 is 1.95 bits per heavy atom. The lowest BCUT2D eigenvalue weighted by atomic mass is 9.78. The van der Waals surface area contributed by atoms with Crippen LogP contribution in [0.5, 0.6) is 5.75 Å². The van der Waals surface area contributed by atoms with E-state index < -0.39 is 11.6 Å². The van der Waals surface area contributed by atoms with Gasteiger partial charge in [-0.2, -0.15) is 4.39 Å². The van der Waals surface area contributed by atoms with Gasteiger partial charge in [-0.1, -0.05) is 30.9 Å². The van der Waals surface area contributed by atoms with Gasteiger partial charge in [-0.3, -0.25) is 0 Å². The first-order valence-electron chi connectivity index (χ1n) is 7.51. The van der Waals surface area contributed by atoms with Crippen LogP contribution in [0.15, 0.2) is 36.9 Å². The third-order valence-electron chi connectivity index (χ3n) is 4.11. The third-order valence-corrected chi connectivity index (χ3v) is 4.11. The Morgan fingerprint density at radius 3 is 2.57 bits per heavy atom. The first kappa shape index (κ1) is 15.7. The standard InChI is InChI=1S/C18H22F2O.H2/c1-3-5-13-6-8-14(9-7-13)15-10-11-16(21-12-4-2)18(20)17(15)19;/h3-5,10-11,13-14H,2,6-9,12H2,1H3;1H/b5-3+;. The van der Waals surface area contributed by atoms with Crippen LogP contribution >= 0.6 is 0 Å². The lowest BCUT2D eigenvalue weighted by molar-refractivity contribution is 0.326. The van der Waals surface area contributed by atoms with E-state index in [1.807, 2.05) is 6.92 Å². The molecule has 1 nitrogen and oxygen atoms in total. The first-order chi connectivity index (χ1) is 10.2. The fourth-order valence-corrected chi connectivity index (χ4v) is 3.02. The van der Waals surface area contributed by atoms with Gasteiger partial charge in [0.1, 0.15) is 6.61 Å². The summed E-state index contributed by atoms with van der Waals surface area (Å²) >= 11 is 0.